The minimum absolute atomic E-state index is 0.0267. The molecule has 7 heteroatoms. The first-order valence-corrected chi connectivity index (χ1v) is 9.39. The number of aliphatic imine (C=N–C) groups is 1. The molecular weight excluding hydrogens is 416 g/mol. The fourth-order valence-corrected chi connectivity index (χ4v) is 3.81. The number of nitrogens with zero attached hydrogens (tertiary/aromatic N) is 2. The molecule has 0 aliphatic carbocycles. The SMILES string of the molecule is COc1cc(/C=C2/SC(=Nc3ccc(C)cc3)N(C)C2=O)cc(Br)c1O. The molecule has 1 heterocycles. The highest BCUT2D eigenvalue weighted by atomic mass is 79.9. The van der Waals surface area contributed by atoms with Crippen molar-refractivity contribution in [3.8, 4) is 11.5 Å². The highest BCUT2D eigenvalue weighted by Gasteiger charge is 2.30. The molecule has 26 heavy (non-hydrogen) atoms. The smallest absolute Gasteiger partial charge is 0.266 e. The Hall–Kier alpha value is -2.25. The van der Waals surface area contributed by atoms with Gasteiger partial charge >= 0.3 is 0 Å². The molecule has 2 aromatic rings. The zero-order valence-electron chi connectivity index (χ0n) is 14.5. The van der Waals surface area contributed by atoms with Gasteiger partial charge in [-0.1, -0.05) is 17.7 Å². The van der Waals surface area contributed by atoms with E-state index in [4.69, 9.17) is 4.74 Å². The molecule has 0 saturated carbocycles. The van der Waals surface area contributed by atoms with E-state index in [9.17, 15) is 9.90 Å². The van der Waals surface area contributed by atoms with Gasteiger partial charge in [0, 0.05) is 7.05 Å². The number of aromatic hydroxyl groups is 1. The number of amidine groups is 1. The van der Waals surface area contributed by atoms with Crippen molar-refractivity contribution >= 4 is 50.5 Å². The van der Waals surface area contributed by atoms with E-state index in [0.717, 1.165) is 16.8 Å². The maximum atomic E-state index is 12.5. The van der Waals surface area contributed by atoms with Gasteiger partial charge in [-0.3, -0.25) is 9.69 Å². The summed E-state index contributed by atoms with van der Waals surface area (Å²) in [6.07, 6.45) is 1.76. The summed E-state index contributed by atoms with van der Waals surface area (Å²) >= 11 is 4.60. The van der Waals surface area contributed by atoms with Crippen molar-refractivity contribution in [1.82, 2.24) is 4.90 Å². The number of hydrogen-bond donors (Lipinski definition) is 1. The van der Waals surface area contributed by atoms with Crippen LogP contribution in [0.15, 0.2) is 50.8 Å². The number of phenolic OH excluding ortho intramolecular Hbond substituents is 1. The highest BCUT2D eigenvalue weighted by Crippen LogP contribution is 2.38. The van der Waals surface area contributed by atoms with Gasteiger partial charge in [-0.05, 0) is 70.5 Å². The Morgan fingerprint density at radius 2 is 1.96 bits per heavy atom. The normalized spacial score (nSPS) is 17.4. The Kier molecular flexibility index (Phi) is 5.38. The van der Waals surface area contributed by atoms with E-state index in [2.05, 4.69) is 20.9 Å². The molecule has 2 aromatic carbocycles. The second-order valence-electron chi connectivity index (χ2n) is 5.76. The van der Waals surface area contributed by atoms with Gasteiger partial charge < -0.3 is 9.84 Å². The van der Waals surface area contributed by atoms with E-state index < -0.39 is 0 Å². The summed E-state index contributed by atoms with van der Waals surface area (Å²) in [6, 6.07) is 11.2. The van der Waals surface area contributed by atoms with Crippen LogP contribution in [0.1, 0.15) is 11.1 Å². The van der Waals surface area contributed by atoms with E-state index in [1.165, 1.54) is 23.8 Å². The Morgan fingerprint density at radius 3 is 2.62 bits per heavy atom. The number of halogens is 1. The quantitative estimate of drug-likeness (QED) is 0.713. The first-order valence-electron chi connectivity index (χ1n) is 7.78. The molecule has 1 aliphatic rings. The molecule has 0 aromatic heterocycles. The van der Waals surface area contributed by atoms with Crippen molar-refractivity contribution in [2.24, 2.45) is 4.99 Å². The van der Waals surface area contributed by atoms with Crippen LogP contribution in [0.25, 0.3) is 6.08 Å². The average Bonchev–Trinajstić information content (AvgIpc) is 2.88. The summed E-state index contributed by atoms with van der Waals surface area (Å²) in [7, 11) is 3.19. The van der Waals surface area contributed by atoms with Crippen LogP contribution in [0.5, 0.6) is 11.5 Å². The monoisotopic (exact) mass is 432 g/mol. The molecule has 1 amide bonds. The van der Waals surface area contributed by atoms with E-state index in [0.29, 0.717) is 20.3 Å². The zero-order valence-corrected chi connectivity index (χ0v) is 16.9. The van der Waals surface area contributed by atoms with Crippen molar-refractivity contribution in [2.75, 3.05) is 14.2 Å². The molecule has 0 unspecified atom stereocenters. The maximum absolute atomic E-state index is 12.5. The highest BCUT2D eigenvalue weighted by molar-refractivity contribution is 9.10. The Morgan fingerprint density at radius 1 is 1.27 bits per heavy atom. The summed E-state index contributed by atoms with van der Waals surface area (Å²) in [5, 5.41) is 10.5. The number of methoxy groups -OCH3 is 1. The molecule has 1 fully saturated rings. The van der Waals surface area contributed by atoms with Crippen LogP contribution in [-0.4, -0.2) is 35.2 Å². The number of aryl methyl sites for hydroxylation is 1. The number of phenols is 1. The predicted octanol–water partition coefficient (Wildman–Crippen LogP) is 4.71. The Bertz CT molecular complexity index is 923. The lowest BCUT2D eigenvalue weighted by Crippen LogP contribution is -2.23. The van der Waals surface area contributed by atoms with Gasteiger partial charge in [0.05, 0.1) is 22.2 Å². The van der Waals surface area contributed by atoms with Crippen LogP contribution < -0.4 is 4.74 Å². The summed E-state index contributed by atoms with van der Waals surface area (Å²) < 4.78 is 5.65. The number of carbonyl (C=O) groups is 1. The molecule has 1 aliphatic heterocycles. The number of hydrogen-bond acceptors (Lipinski definition) is 5. The largest absolute Gasteiger partial charge is 0.503 e. The van der Waals surface area contributed by atoms with E-state index in [-0.39, 0.29) is 11.7 Å². The number of carbonyl (C=O) groups excluding carboxylic acids is 1. The third-order valence-corrected chi connectivity index (χ3v) is 5.50. The molecule has 3 rings (SSSR count). The Balaban J connectivity index is 1.92. The summed E-state index contributed by atoms with van der Waals surface area (Å²) in [5.74, 6) is 0.242. The number of benzene rings is 2. The van der Waals surface area contributed by atoms with Gasteiger partial charge in [0.2, 0.25) is 0 Å². The predicted molar refractivity (Wildman–Crippen MR) is 109 cm³/mol. The van der Waals surface area contributed by atoms with Gasteiger partial charge in [-0.15, -0.1) is 0 Å². The zero-order chi connectivity index (χ0) is 18.8. The van der Waals surface area contributed by atoms with Crippen LogP contribution in [-0.2, 0) is 4.79 Å². The minimum atomic E-state index is -0.121. The van der Waals surface area contributed by atoms with Crippen LogP contribution >= 0.6 is 27.7 Å². The van der Waals surface area contributed by atoms with E-state index >= 15 is 0 Å². The second-order valence-corrected chi connectivity index (χ2v) is 7.62. The van der Waals surface area contributed by atoms with Crippen LogP contribution in [0.4, 0.5) is 5.69 Å². The lowest BCUT2D eigenvalue weighted by molar-refractivity contribution is -0.121. The molecule has 134 valence electrons. The number of rotatable bonds is 3. The molecular formula is C19H17BrN2O3S. The summed E-state index contributed by atoms with van der Waals surface area (Å²) in [5.41, 5.74) is 2.70. The van der Waals surface area contributed by atoms with E-state index in [1.54, 1.807) is 25.3 Å². The fourth-order valence-electron chi connectivity index (χ4n) is 2.37. The average molecular weight is 433 g/mol. The molecule has 0 atom stereocenters. The van der Waals surface area contributed by atoms with Crippen LogP contribution in [0.3, 0.4) is 0 Å². The maximum Gasteiger partial charge on any atom is 0.266 e. The third kappa shape index (κ3) is 3.78. The molecule has 1 N–H and O–H groups in total. The van der Waals surface area contributed by atoms with Gasteiger partial charge in [0.1, 0.15) is 0 Å². The standard InChI is InChI=1S/C19H17BrN2O3S/c1-11-4-6-13(7-5-11)21-19-22(2)18(24)16(26-19)10-12-8-14(20)17(23)15(9-12)25-3/h4-10,23H,1-3H3/b16-10+,21-19?. The van der Waals surface area contributed by atoms with Gasteiger partial charge in [0.15, 0.2) is 16.7 Å². The lowest BCUT2D eigenvalue weighted by atomic mass is 10.2. The third-order valence-electron chi connectivity index (χ3n) is 3.83. The van der Waals surface area contributed by atoms with Gasteiger partial charge in [-0.2, -0.15) is 0 Å². The topological polar surface area (TPSA) is 62.1 Å². The van der Waals surface area contributed by atoms with E-state index in [1.807, 2.05) is 31.2 Å². The number of likely N-dealkylation sites (N-methyl/N-ethyl adjacent to an activating group) is 1. The lowest BCUT2D eigenvalue weighted by Gasteiger charge is -2.07. The first-order chi connectivity index (χ1) is 12.4. The minimum Gasteiger partial charge on any atom is -0.503 e. The molecule has 5 nitrogen and oxygen atoms in total. The van der Waals surface area contributed by atoms with Gasteiger partial charge in [-0.25, -0.2) is 4.99 Å². The number of ether oxygens (including phenoxy) is 1. The fraction of sp³-hybridized carbons (Fsp3) is 0.158. The van der Waals surface area contributed by atoms with Crippen LogP contribution in [0, 0.1) is 6.92 Å². The first kappa shape index (κ1) is 18.5. The summed E-state index contributed by atoms with van der Waals surface area (Å²) in [6.45, 7) is 2.02. The summed E-state index contributed by atoms with van der Waals surface area (Å²) in [4.78, 5) is 19.2. The second kappa shape index (κ2) is 7.55. The van der Waals surface area contributed by atoms with Crippen molar-refractivity contribution in [1.29, 1.82) is 0 Å². The molecule has 1 saturated heterocycles. The number of amides is 1. The van der Waals surface area contributed by atoms with Gasteiger partial charge in [0.25, 0.3) is 5.91 Å². The van der Waals surface area contributed by atoms with Crippen molar-refractivity contribution in [3.05, 3.63) is 56.9 Å². The van der Waals surface area contributed by atoms with Crippen molar-refractivity contribution in [3.63, 3.8) is 0 Å². The Labute approximate surface area is 164 Å². The number of thioether (sulfide) groups is 1. The molecule has 0 bridgehead atoms. The molecule has 0 radical (unpaired) electrons. The van der Waals surface area contributed by atoms with Crippen molar-refractivity contribution in [2.45, 2.75) is 6.92 Å². The molecule has 0 spiro atoms. The van der Waals surface area contributed by atoms with Crippen molar-refractivity contribution < 1.29 is 14.6 Å². The van der Waals surface area contributed by atoms with Crippen LogP contribution in [0.2, 0.25) is 0 Å².